The Bertz CT molecular complexity index is 818. The fourth-order valence-corrected chi connectivity index (χ4v) is 3.08. The molecule has 0 radical (unpaired) electrons. The summed E-state index contributed by atoms with van der Waals surface area (Å²) in [5, 5.41) is 2.71. The SMILES string of the molecule is CCC(=O)c1ccc(OCC(=O)OCC(=O)NCCSc2ccc(C)cc2)cc1. The van der Waals surface area contributed by atoms with Crippen LogP contribution in [0.2, 0.25) is 0 Å². The number of rotatable bonds is 11. The largest absolute Gasteiger partial charge is 0.482 e. The molecule has 2 aromatic carbocycles. The quantitative estimate of drug-likeness (QED) is 0.262. The van der Waals surface area contributed by atoms with Gasteiger partial charge in [-0.15, -0.1) is 11.8 Å². The maximum atomic E-state index is 11.7. The van der Waals surface area contributed by atoms with Crippen LogP contribution in [0.4, 0.5) is 0 Å². The molecule has 6 nitrogen and oxygen atoms in total. The van der Waals surface area contributed by atoms with Crippen LogP contribution in [0.5, 0.6) is 5.75 Å². The number of nitrogens with one attached hydrogen (secondary N) is 1. The Kier molecular flexibility index (Phi) is 9.24. The predicted octanol–water partition coefficient (Wildman–Crippen LogP) is 3.42. The fourth-order valence-electron chi connectivity index (χ4n) is 2.32. The molecule has 2 aromatic rings. The predicted molar refractivity (Wildman–Crippen MR) is 112 cm³/mol. The van der Waals surface area contributed by atoms with Crippen LogP contribution in [-0.2, 0) is 14.3 Å². The van der Waals surface area contributed by atoms with Gasteiger partial charge in [0, 0.05) is 29.2 Å². The molecule has 0 aliphatic rings. The molecule has 0 aliphatic heterocycles. The number of ketones is 1. The molecule has 0 aromatic heterocycles. The first-order valence-corrected chi connectivity index (χ1v) is 10.3. The summed E-state index contributed by atoms with van der Waals surface area (Å²) in [6, 6.07) is 14.7. The first-order valence-electron chi connectivity index (χ1n) is 9.35. The third-order valence-corrected chi connectivity index (χ3v) is 4.95. The van der Waals surface area contributed by atoms with Crippen molar-refractivity contribution in [2.45, 2.75) is 25.2 Å². The monoisotopic (exact) mass is 415 g/mol. The molecule has 0 spiro atoms. The molecular weight excluding hydrogens is 390 g/mol. The summed E-state index contributed by atoms with van der Waals surface area (Å²) in [6.07, 6.45) is 0.430. The second kappa shape index (κ2) is 11.9. The van der Waals surface area contributed by atoms with Crippen molar-refractivity contribution in [3.63, 3.8) is 0 Å². The fraction of sp³-hybridized carbons (Fsp3) is 0.318. The van der Waals surface area contributed by atoms with Crippen molar-refractivity contribution in [2.75, 3.05) is 25.5 Å². The van der Waals surface area contributed by atoms with Gasteiger partial charge in [0.15, 0.2) is 19.0 Å². The minimum atomic E-state index is -0.636. The Hall–Kier alpha value is -2.80. The molecule has 0 atom stereocenters. The van der Waals surface area contributed by atoms with Gasteiger partial charge in [-0.25, -0.2) is 4.79 Å². The number of carbonyl (C=O) groups excluding carboxylic acids is 3. The number of carbonyl (C=O) groups is 3. The average molecular weight is 416 g/mol. The van der Waals surface area contributed by atoms with E-state index in [-0.39, 0.29) is 24.9 Å². The van der Waals surface area contributed by atoms with Gasteiger partial charge in [0.2, 0.25) is 0 Å². The maximum Gasteiger partial charge on any atom is 0.344 e. The molecule has 7 heteroatoms. The second-order valence-corrected chi connectivity index (χ2v) is 7.43. The highest BCUT2D eigenvalue weighted by molar-refractivity contribution is 7.99. The van der Waals surface area contributed by atoms with Crippen molar-refractivity contribution in [3.8, 4) is 5.75 Å². The molecule has 154 valence electrons. The zero-order valence-corrected chi connectivity index (χ0v) is 17.4. The molecular formula is C22H25NO5S. The Balaban J connectivity index is 1.58. The van der Waals surface area contributed by atoms with E-state index in [9.17, 15) is 14.4 Å². The molecule has 0 fully saturated rings. The van der Waals surface area contributed by atoms with E-state index in [0.29, 0.717) is 24.3 Å². The number of aryl methyl sites for hydroxylation is 1. The van der Waals surface area contributed by atoms with Gasteiger partial charge in [-0.2, -0.15) is 0 Å². The molecule has 0 saturated heterocycles. The minimum absolute atomic E-state index is 0.0410. The summed E-state index contributed by atoms with van der Waals surface area (Å²) in [4.78, 5) is 36.1. The van der Waals surface area contributed by atoms with Gasteiger partial charge >= 0.3 is 5.97 Å². The van der Waals surface area contributed by atoms with Crippen LogP contribution >= 0.6 is 11.8 Å². The van der Waals surface area contributed by atoms with E-state index in [1.165, 1.54) is 5.56 Å². The number of ether oxygens (including phenoxy) is 2. The van der Waals surface area contributed by atoms with E-state index in [1.54, 1.807) is 43.0 Å². The van der Waals surface area contributed by atoms with Gasteiger partial charge in [0.1, 0.15) is 5.75 Å². The number of hydrogen-bond donors (Lipinski definition) is 1. The molecule has 0 bridgehead atoms. The molecule has 2 rings (SSSR count). The number of thioether (sulfide) groups is 1. The lowest BCUT2D eigenvalue weighted by Gasteiger charge is -2.08. The van der Waals surface area contributed by atoms with Crippen LogP contribution in [0, 0.1) is 6.92 Å². The Morgan fingerprint density at radius 3 is 2.31 bits per heavy atom. The van der Waals surface area contributed by atoms with Gasteiger partial charge in [0.05, 0.1) is 0 Å². The molecule has 0 aliphatic carbocycles. The van der Waals surface area contributed by atoms with Gasteiger partial charge in [-0.1, -0.05) is 24.6 Å². The molecule has 0 saturated carbocycles. The Morgan fingerprint density at radius 1 is 0.966 bits per heavy atom. The van der Waals surface area contributed by atoms with Gasteiger partial charge in [-0.05, 0) is 43.3 Å². The molecule has 1 N–H and O–H groups in total. The zero-order chi connectivity index (χ0) is 21.1. The van der Waals surface area contributed by atoms with Crippen molar-refractivity contribution in [1.29, 1.82) is 0 Å². The summed E-state index contributed by atoms with van der Waals surface area (Å²) >= 11 is 1.64. The lowest BCUT2D eigenvalue weighted by atomic mass is 10.1. The van der Waals surface area contributed by atoms with E-state index in [4.69, 9.17) is 9.47 Å². The number of Topliss-reactive ketones (excluding diaryl/α,β-unsaturated/α-hetero) is 1. The topological polar surface area (TPSA) is 81.7 Å². The van der Waals surface area contributed by atoms with Crippen molar-refractivity contribution < 1.29 is 23.9 Å². The van der Waals surface area contributed by atoms with E-state index in [2.05, 4.69) is 5.32 Å². The van der Waals surface area contributed by atoms with E-state index < -0.39 is 5.97 Å². The Labute approximate surface area is 175 Å². The van der Waals surface area contributed by atoms with E-state index in [1.807, 2.05) is 31.2 Å². The summed E-state index contributed by atoms with van der Waals surface area (Å²) in [5.41, 5.74) is 1.80. The lowest BCUT2D eigenvalue weighted by Crippen LogP contribution is -2.31. The van der Waals surface area contributed by atoms with Crippen LogP contribution in [0.25, 0.3) is 0 Å². The number of esters is 1. The van der Waals surface area contributed by atoms with Crippen molar-refractivity contribution in [1.82, 2.24) is 5.32 Å². The zero-order valence-electron chi connectivity index (χ0n) is 16.6. The summed E-state index contributed by atoms with van der Waals surface area (Å²) in [5.74, 6) is 0.224. The van der Waals surface area contributed by atoms with Crippen molar-refractivity contribution in [2.24, 2.45) is 0 Å². The molecule has 1 amide bonds. The molecule has 29 heavy (non-hydrogen) atoms. The first kappa shape index (κ1) is 22.5. The number of amides is 1. The highest BCUT2D eigenvalue weighted by atomic mass is 32.2. The van der Waals surface area contributed by atoms with Crippen LogP contribution < -0.4 is 10.1 Å². The number of benzene rings is 2. The van der Waals surface area contributed by atoms with E-state index in [0.717, 1.165) is 10.6 Å². The third-order valence-electron chi connectivity index (χ3n) is 3.93. The third kappa shape index (κ3) is 8.39. The highest BCUT2D eigenvalue weighted by Gasteiger charge is 2.09. The van der Waals surface area contributed by atoms with Crippen LogP contribution in [0.1, 0.15) is 29.3 Å². The summed E-state index contributed by atoms with van der Waals surface area (Å²) < 4.78 is 10.2. The van der Waals surface area contributed by atoms with Crippen molar-refractivity contribution in [3.05, 3.63) is 59.7 Å². The average Bonchev–Trinajstić information content (AvgIpc) is 2.74. The second-order valence-electron chi connectivity index (χ2n) is 6.26. The number of hydrogen-bond acceptors (Lipinski definition) is 6. The van der Waals surface area contributed by atoms with Crippen LogP contribution in [0.15, 0.2) is 53.4 Å². The van der Waals surface area contributed by atoms with Crippen LogP contribution in [0.3, 0.4) is 0 Å². The standard InChI is InChI=1S/C22H25NO5S/c1-3-20(24)17-6-8-18(9-7-17)27-15-22(26)28-14-21(25)23-12-13-29-19-10-4-16(2)5-11-19/h4-11H,3,12-15H2,1-2H3,(H,23,25). The van der Waals surface area contributed by atoms with E-state index >= 15 is 0 Å². The summed E-state index contributed by atoms with van der Waals surface area (Å²) in [7, 11) is 0. The van der Waals surface area contributed by atoms with Crippen LogP contribution in [-0.4, -0.2) is 43.2 Å². The lowest BCUT2D eigenvalue weighted by molar-refractivity contribution is -0.150. The van der Waals surface area contributed by atoms with Gasteiger partial charge in [0.25, 0.3) is 5.91 Å². The molecule has 0 heterocycles. The van der Waals surface area contributed by atoms with Gasteiger partial charge < -0.3 is 14.8 Å². The smallest absolute Gasteiger partial charge is 0.344 e. The van der Waals surface area contributed by atoms with Crippen molar-refractivity contribution >= 4 is 29.4 Å². The molecule has 0 unspecified atom stereocenters. The normalized spacial score (nSPS) is 10.3. The first-order chi connectivity index (χ1) is 14.0. The minimum Gasteiger partial charge on any atom is -0.482 e. The van der Waals surface area contributed by atoms with Gasteiger partial charge in [-0.3, -0.25) is 9.59 Å². The Morgan fingerprint density at radius 2 is 1.66 bits per heavy atom. The maximum absolute atomic E-state index is 11.7. The highest BCUT2D eigenvalue weighted by Crippen LogP contribution is 2.17. The summed E-state index contributed by atoms with van der Waals surface area (Å²) in [6.45, 7) is 3.65.